The first-order chi connectivity index (χ1) is 23.8. The zero-order valence-corrected chi connectivity index (χ0v) is 29.2. The van der Waals surface area contributed by atoms with Gasteiger partial charge in [-0.25, -0.2) is 4.98 Å². The lowest BCUT2D eigenvalue weighted by Crippen LogP contribution is -2.22. The van der Waals surface area contributed by atoms with Gasteiger partial charge in [0.2, 0.25) is 0 Å². The van der Waals surface area contributed by atoms with Gasteiger partial charge in [0, 0.05) is 22.9 Å². The lowest BCUT2D eigenvalue weighted by molar-refractivity contribution is 0.453. The van der Waals surface area contributed by atoms with E-state index < -0.39 is 0 Å². The molecular formula is C47H44N2. The third kappa shape index (κ3) is 6.52. The van der Waals surface area contributed by atoms with E-state index in [2.05, 4.69) is 191 Å². The van der Waals surface area contributed by atoms with Gasteiger partial charge in [-0.15, -0.1) is 0 Å². The van der Waals surface area contributed by atoms with Crippen molar-refractivity contribution in [2.45, 2.75) is 52.9 Å². The van der Waals surface area contributed by atoms with Crippen LogP contribution in [-0.2, 0) is 5.41 Å². The molecular weight excluding hydrogens is 593 g/mol. The van der Waals surface area contributed by atoms with Crippen molar-refractivity contribution in [3.05, 3.63) is 169 Å². The number of imidazole rings is 1. The second-order valence-electron chi connectivity index (χ2n) is 13.9. The SMILES string of the molecule is CCCC(C)(C)c1cnc(-c2cccc(-c3cc(-c4ccccc4)cc(-c4ccccc4)c3)c2)n1-c1c(C)cc(-c2ccccc2)cc1C. The summed E-state index contributed by atoms with van der Waals surface area (Å²) in [5, 5.41) is 0. The fourth-order valence-electron chi connectivity index (χ4n) is 7.34. The van der Waals surface area contributed by atoms with E-state index in [1.165, 1.54) is 67.0 Å². The first-order valence-corrected chi connectivity index (χ1v) is 17.4. The van der Waals surface area contributed by atoms with Crippen molar-refractivity contribution in [2.75, 3.05) is 0 Å². The molecule has 49 heavy (non-hydrogen) atoms. The van der Waals surface area contributed by atoms with Crippen LogP contribution in [0.15, 0.2) is 152 Å². The molecule has 2 nitrogen and oxygen atoms in total. The lowest BCUT2D eigenvalue weighted by Gasteiger charge is -2.28. The van der Waals surface area contributed by atoms with E-state index in [9.17, 15) is 0 Å². The number of rotatable bonds is 9. The highest BCUT2D eigenvalue weighted by molar-refractivity contribution is 5.82. The van der Waals surface area contributed by atoms with Crippen molar-refractivity contribution in [3.63, 3.8) is 0 Å². The van der Waals surface area contributed by atoms with E-state index in [1.54, 1.807) is 0 Å². The van der Waals surface area contributed by atoms with Crippen LogP contribution in [0.3, 0.4) is 0 Å². The van der Waals surface area contributed by atoms with Crippen LogP contribution in [0.2, 0.25) is 0 Å². The molecule has 0 radical (unpaired) electrons. The Morgan fingerprint density at radius 3 is 1.39 bits per heavy atom. The molecule has 6 aromatic carbocycles. The predicted octanol–water partition coefficient (Wildman–Crippen LogP) is 12.9. The molecule has 0 N–H and O–H groups in total. The summed E-state index contributed by atoms with van der Waals surface area (Å²) in [6.07, 6.45) is 4.30. The molecule has 0 atom stereocenters. The van der Waals surface area contributed by atoms with Crippen LogP contribution in [0, 0.1) is 13.8 Å². The van der Waals surface area contributed by atoms with Crippen LogP contribution in [0.4, 0.5) is 0 Å². The number of hydrogen-bond donors (Lipinski definition) is 0. The van der Waals surface area contributed by atoms with Crippen molar-refractivity contribution in [1.29, 1.82) is 0 Å². The number of aryl methyl sites for hydroxylation is 2. The Hall–Kier alpha value is -5.47. The Bertz CT molecular complexity index is 2130. The Morgan fingerprint density at radius 1 is 0.490 bits per heavy atom. The Kier molecular flexibility index (Phi) is 8.89. The maximum absolute atomic E-state index is 5.20. The van der Waals surface area contributed by atoms with E-state index >= 15 is 0 Å². The Morgan fingerprint density at radius 2 is 0.898 bits per heavy atom. The van der Waals surface area contributed by atoms with Gasteiger partial charge in [-0.1, -0.05) is 136 Å². The van der Waals surface area contributed by atoms with Crippen LogP contribution in [0.25, 0.3) is 61.6 Å². The van der Waals surface area contributed by atoms with Crippen LogP contribution >= 0.6 is 0 Å². The minimum Gasteiger partial charge on any atom is -0.296 e. The van der Waals surface area contributed by atoms with Gasteiger partial charge in [0.15, 0.2) is 0 Å². The second-order valence-corrected chi connectivity index (χ2v) is 13.9. The van der Waals surface area contributed by atoms with Gasteiger partial charge in [-0.3, -0.25) is 4.57 Å². The van der Waals surface area contributed by atoms with Crippen molar-refractivity contribution in [1.82, 2.24) is 9.55 Å². The molecule has 0 unspecified atom stereocenters. The molecule has 0 aliphatic heterocycles. The van der Waals surface area contributed by atoms with Crippen molar-refractivity contribution >= 4 is 0 Å². The van der Waals surface area contributed by atoms with Gasteiger partial charge in [0.25, 0.3) is 0 Å². The number of hydrogen-bond acceptors (Lipinski definition) is 1. The third-order valence-electron chi connectivity index (χ3n) is 9.75. The first-order valence-electron chi connectivity index (χ1n) is 17.4. The highest BCUT2D eigenvalue weighted by Gasteiger charge is 2.28. The predicted molar refractivity (Wildman–Crippen MR) is 208 cm³/mol. The van der Waals surface area contributed by atoms with Gasteiger partial charge >= 0.3 is 0 Å². The van der Waals surface area contributed by atoms with E-state index in [-0.39, 0.29) is 5.41 Å². The lowest BCUT2D eigenvalue weighted by atomic mass is 9.84. The highest BCUT2D eigenvalue weighted by atomic mass is 15.1. The standard InChI is InChI=1S/C47H44N2/c1-6-25-47(4,5)44-32-48-46(49(44)45-33(2)26-40(27-34(45)3)35-17-10-7-11-18-35)39-24-16-23-38(28-39)43-30-41(36-19-12-8-13-20-36)29-42(31-43)37-21-14-9-15-22-37/h7-24,26-32H,6,25H2,1-5H3. The van der Waals surface area contributed by atoms with Crippen molar-refractivity contribution in [3.8, 4) is 61.6 Å². The van der Waals surface area contributed by atoms with E-state index in [4.69, 9.17) is 4.98 Å². The zero-order chi connectivity index (χ0) is 34.0. The topological polar surface area (TPSA) is 17.8 Å². The molecule has 0 amide bonds. The highest BCUT2D eigenvalue weighted by Crippen LogP contribution is 2.39. The molecule has 1 aromatic heterocycles. The monoisotopic (exact) mass is 636 g/mol. The molecule has 0 aliphatic carbocycles. The fourth-order valence-corrected chi connectivity index (χ4v) is 7.34. The summed E-state index contributed by atoms with van der Waals surface area (Å²) in [6, 6.07) is 52.5. The smallest absolute Gasteiger partial charge is 0.144 e. The maximum Gasteiger partial charge on any atom is 0.144 e. The second kappa shape index (κ2) is 13.6. The Labute approximate surface area is 291 Å². The fraction of sp³-hybridized carbons (Fsp3) is 0.170. The molecule has 0 saturated heterocycles. The van der Waals surface area contributed by atoms with Crippen molar-refractivity contribution in [2.24, 2.45) is 0 Å². The summed E-state index contributed by atoms with van der Waals surface area (Å²) in [6.45, 7) is 11.5. The number of benzene rings is 6. The van der Waals surface area contributed by atoms with Crippen LogP contribution in [-0.4, -0.2) is 9.55 Å². The molecule has 0 spiro atoms. The van der Waals surface area contributed by atoms with Gasteiger partial charge < -0.3 is 0 Å². The number of nitrogens with zero attached hydrogens (tertiary/aromatic N) is 2. The summed E-state index contributed by atoms with van der Waals surface area (Å²) in [7, 11) is 0. The van der Waals surface area contributed by atoms with Gasteiger partial charge in [-0.2, -0.15) is 0 Å². The first kappa shape index (κ1) is 32.1. The zero-order valence-electron chi connectivity index (χ0n) is 29.2. The quantitative estimate of drug-likeness (QED) is 0.154. The summed E-state index contributed by atoms with van der Waals surface area (Å²) in [4.78, 5) is 5.20. The molecule has 0 aliphatic rings. The van der Waals surface area contributed by atoms with Crippen LogP contribution < -0.4 is 0 Å². The van der Waals surface area contributed by atoms with E-state index in [0.717, 1.165) is 24.2 Å². The van der Waals surface area contributed by atoms with E-state index in [0.29, 0.717) is 0 Å². The Balaban J connectivity index is 1.40. The summed E-state index contributed by atoms with van der Waals surface area (Å²) < 4.78 is 2.45. The normalized spacial score (nSPS) is 11.5. The van der Waals surface area contributed by atoms with Crippen molar-refractivity contribution < 1.29 is 0 Å². The maximum atomic E-state index is 5.20. The summed E-state index contributed by atoms with van der Waals surface area (Å²) in [5.41, 5.74) is 15.7. The largest absolute Gasteiger partial charge is 0.296 e. The molecule has 242 valence electrons. The summed E-state index contributed by atoms with van der Waals surface area (Å²) >= 11 is 0. The minimum absolute atomic E-state index is 0.0524. The number of aromatic nitrogens is 2. The van der Waals surface area contributed by atoms with Gasteiger partial charge in [-0.05, 0) is 112 Å². The van der Waals surface area contributed by atoms with E-state index in [1.807, 2.05) is 0 Å². The van der Waals surface area contributed by atoms with Gasteiger partial charge in [0.1, 0.15) is 5.82 Å². The van der Waals surface area contributed by atoms with Crippen LogP contribution in [0.5, 0.6) is 0 Å². The van der Waals surface area contributed by atoms with Gasteiger partial charge in [0.05, 0.1) is 5.69 Å². The third-order valence-corrected chi connectivity index (χ3v) is 9.75. The van der Waals surface area contributed by atoms with Crippen LogP contribution in [0.1, 0.15) is 50.4 Å². The molecule has 0 bridgehead atoms. The molecule has 2 heteroatoms. The molecule has 7 aromatic rings. The minimum atomic E-state index is -0.0524. The molecule has 1 heterocycles. The average molecular weight is 637 g/mol. The molecule has 0 fully saturated rings. The average Bonchev–Trinajstić information content (AvgIpc) is 3.58. The summed E-state index contributed by atoms with van der Waals surface area (Å²) in [5.74, 6) is 0.974. The molecule has 7 rings (SSSR count). The molecule has 0 saturated carbocycles.